The van der Waals surface area contributed by atoms with Gasteiger partial charge in [-0.1, -0.05) is 18.2 Å². The Morgan fingerprint density at radius 3 is 2.70 bits per heavy atom. The van der Waals surface area contributed by atoms with Gasteiger partial charge >= 0.3 is 6.01 Å². The van der Waals surface area contributed by atoms with E-state index < -0.39 is 0 Å². The minimum Gasteiger partial charge on any atom is -0.491 e. The van der Waals surface area contributed by atoms with Crippen molar-refractivity contribution in [2.45, 2.75) is 13.8 Å². The second-order valence-corrected chi connectivity index (χ2v) is 4.42. The molecule has 0 spiro atoms. The van der Waals surface area contributed by atoms with Crippen molar-refractivity contribution in [2.75, 3.05) is 25.6 Å². The molecule has 5 nitrogen and oxygen atoms in total. The Balaban J connectivity index is 1.84. The molecule has 0 bridgehead atoms. The van der Waals surface area contributed by atoms with E-state index in [1.54, 1.807) is 7.11 Å². The zero-order valence-electron chi connectivity index (χ0n) is 12.0. The Kier molecular flexibility index (Phi) is 4.76. The molecule has 0 aliphatic rings. The number of benzene rings is 1. The Morgan fingerprint density at radius 1 is 1.15 bits per heavy atom. The normalized spacial score (nSPS) is 10.2. The predicted molar refractivity (Wildman–Crippen MR) is 78.5 cm³/mol. The quantitative estimate of drug-likeness (QED) is 0.820. The highest BCUT2D eigenvalue weighted by atomic mass is 16.5. The first kappa shape index (κ1) is 14.1. The van der Waals surface area contributed by atoms with Gasteiger partial charge in [0.1, 0.15) is 18.2 Å². The number of nitrogens with one attached hydrogen (secondary N) is 1. The molecule has 0 atom stereocenters. The number of methoxy groups -OCH3 is 1. The lowest BCUT2D eigenvalue weighted by Crippen LogP contribution is -2.13. The van der Waals surface area contributed by atoms with E-state index in [1.165, 1.54) is 0 Å². The van der Waals surface area contributed by atoms with Crippen LogP contribution in [0.1, 0.15) is 11.3 Å². The zero-order chi connectivity index (χ0) is 14.4. The molecule has 0 aliphatic heterocycles. The van der Waals surface area contributed by atoms with Gasteiger partial charge in [0.25, 0.3) is 0 Å². The highest BCUT2D eigenvalue weighted by Crippen LogP contribution is 2.16. The molecule has 106 valence electrons. The lowest BCUT2D eigenvalue weighted by molar-refractivity contribution is 0.330. The molecule has 0 radical (unpaired) electrons. The summed E-state index contributed by atoms with van der Waals surface area (Å²) in [5.41, 5.74) is 1.99. The Bertz CT molecular complexity index is 573. The number of aryl methyl sites for hydroxylation is 2. The summed E-state index contributed by atoms with van der Waals surface area (Å²) < 4.78 is 10.7. The average molecular weight is 273 g/mol. The monoisotopic (exact) mass is 273 g/mol. The van der Waals surface area contributed by atoms with E-state index in [2.05, 4.69) is 15.3 Å². The lowest BCUT2D eigenvalue weighted by Gasteiger charge is -2.10. The van der Waals surface area contributed by atoms with Crippen molar-refractivity contribution in [3.05, 3.63) is 41.6 Å². The molecule has 1 heterocycles. The molecular weight excluding hydrogens is 254 g/mol. The molecule has 0 saturated heterocycles. The van der Waals surface area contributed by atoms with Crippen LogP contribution in [-0.4, -0.2) is 30.2 Å². The summed E-state index contributed by atoms with van der Waals surface area (Å²) in [6, 6.07) is 10.2. The van der Waals surface area contributed by atoms with Gasteiger partial charge in [-0.2, -0.15) is 4.98 Å². The molecule has 20 heavy (non-hydrogen) atoms. The third-order valence-corrected chi connectivity index (χ3v) is 2.78. The summed E-state index contributed by atoms with van der Waals surface area (Å²) in [5.74, 6) is 1.65. The maximum absolute atomic E-state index is 5.71. The van der Waals surface area contributed by atoms with Crippen molar-refractivity contribution in [2.24, 2.45) is 0 Å². The van der Waals surface area contributed by atoms with Crippen molar-refractivity contribution >= 4 is 5.82 Å². The molecule has 0 saturated carbocycles. The standard InChI is InChI=1S/C15H19N3O2/c1-11-6-4-5-7-13(11)20-9-8-16-14-10-12(2)17-15(18-14)19-3/h4-7,10H,8-9H2,1-3H3,(H,16,17,18). The summed E-state index contributed by atoms with van der Waals surface area (Å²) in [5, 5.41) is 3.19. The van der Waals surface area contributed by atoms with E-state index in [-0.39, 0.29) is 0 Å². The van der Waals surface area contributed by atoms with Crippen molar-refractivity contribution in [1.82, 2.24) is 9.97 Å². The van der Waals surface area contributed by atoms with Crippen molar-refractivity contribution in [1.29, 1.82) is 0 Å². The fourth-order valence-corrected chi connectivity index (χ4v) is 1.78. The molecule has 0 fully saturated rings. The SMILES string of the molecule is COc1nc(C)cc(NCCOc2ccccc2C)n1. The first-order valence-corrected chi connectivity index (χ1v) is 6.51. The van der Waals surface area contributed by atoms with Gasteiger partial charge in [-0.15, -0.1) is 0 Å². The number of ether oxygens (including phenoxy) is 2. The number of aromatic nitrogens is 2. The molecule has 0 amide bonds. The van der Waals surface area contributed by atoms with E-state index in [1.807, 2.05) is 44.2 Å². The van der Waals surface area contributed by atoms with Crippen LogP contribution in [0.2, 0.25) is 0 Å². The minimum absolute atomic E-state index is 0.368. The van der Waals surface area contributed by atoms with Crippen LogP contribution < -0.4 is 14.8 Å². The Hall–Kier alpha value is -2.30. The molecule has 1 aromatic carbocycles. The van der Waals surface area contributed by atoms with Gasteiger partial charge in [0.2, 0.25) is 0 Å². The number of hydrogen-bond acceptors (Lipinski definition) is 5. The van der Waals surface area contributed by atoms with Crippen LogP contribution in [0.15, 0.2) is 30.3 Å². The maximum atomic E-state index is 5.71. The fraction of sp³-hybridized carbons (Fsp3) is 0.333. The molecule has 5 heteroatoms. The largest absolute Gasteiger partial charge is 0.491 e. The van der Waals surface area contributed by atoms with Gasteiger partial charge in [0.05, 0.1) is 13.7 Å². The highest BCUT2D eigenvalue weighted by Gasteiger charge is 2.02. The number of nitrogens with zero attached hydrogens (tertiary/aromatic N) is 2. The highest BCUT2D eigenvalue weighted by molar-refractivity contribution is 5.37. The first-order valence-electron chi connectivity index (χ1n) is 6.51. The van der Waals surface area contributed by atoms with E-state index >= 15 is 0 Å². The van der Waals surface area contributed by atoms with E-state index in [0.717, 1.165) is 22.8 Å². The summed E-state index contributed by atoms with van der Waals surface area (Å²) in [6.45, 7) is 5.16. The summed E-state index contributed by atoms with van der Waals surface area (Å²) in [6.07, 6.45) is 0. The number of anilines is 1. The minimum atomic E-state index is 0.368. The van der Waals surface area contributed by atoms with Crippen LogP contribution in [0.5, 0.6) is 11.8 Å². The number of para-hydroxylation sites is 1. The van der Waals surface area contributed by atoms with Crippen LogP contribution in [0, 0.1) is 13.8 Å². The van der Waals surface area contributed by atoms with Crippen molar-refractivity contribution in [3.63, 3.8) is 0 Å². The molecule has 0 unspecified atom stereocenters. The predicted octanol–water partition coefficient (Wildman–Crippen LogP) is 2.59. The average Bonchev–Trinajstić information content (AvgIpc) is 2.44. The molecule has 2 rings (SSSR count). The Labute approximate surface area is 119 Å². The van der Waals surface area contributed by atoms with Gasteiger partial charge in [-0.05, 0) is 25.5 Å². The molecule has 0 aliphatic carbocycles. The van der Waals surface area contributed by atoms with E-state index in [9.17, 15) is 0 Å². The van der Waals surface area contributed by atoms with Crippen LogP contribution in [0.4, 0.5) is 5.82 Å². The molecular formula is C15H19N3O2. The molecule has 1 aromatic heterocycles. The van der Waals surface area contributed by atoms with Gasteiger partial charge < -0.3 is 14.8 Å². The van der Waals surface area contributed by atoms with Gasteiger partial charge in [-0.25, -0.2) is 4.98 Å². The van der Waals surface area contributed by atoms with Gasteiger partial charge in [-0.3, -0.25) is 0 Å². The second kappa shape index (κ2) is 6.75. The first-order chi connectivity index (χ1) is 9.69. The summed E-state index contributed by atoms with van der Waals surface area (Å²) in [4.78, 5) is 8.35. The van der Waals surface area contributed by atoms with Crippen molar-refractivity contribution < 1.29 is 9.47 Å². The zero-order valence-corrected chi connectivity index (χ0v) is 12.0. The van der Waals surface area contributed by atoms with Crippen molar-refractivity contribution in [3.8, 4) is 11.8 Å². The third-order valence-electron chi connectivity index (χ3n) is 2.78. The lowest BCUT2D eigenvalue weighted by atomic mass is 10.2. The number of hydrogen-bond donors (Lipinski definition) is 1. The summed E-state index contributed by atoms with van der Waals surface area (Å²) in [7, 11) is 1.56. The Morgan fingerprint density at radius 2 is 1.95 bits per heavy atom. The number of rotatable bonds is 6. The third kappa shape index (κ3) is 3.85. The topological polar surface area (TPSA) is 56.3 Å². The van der Waals surface area contributed by atoms with Crippen LogP contribution >= 0.6 is 0 Å². The van der Waals surface area contributed by atoms with E-state index in [4.69, 9.17) is 9.47 Å². The van der Waals surface area contributed by atoms with Gasteiger partial charge in [0, 0.05) is 11.8 Å². The maximum Gasteiger partial charge on any atom is 0.318 e. The fourth-order valence-electron chi connectivity index (χ4n) is 1.78. The molecule has 1 N–H and O–H groups in total. The van der Waals surface area contributed by atoms with Crippen LogP contribution in [0.25, 0.3) is 0 Å². The summed E-state index contributed by atoms with van der Waals surface area (Å²) >= 11 is 0. The van der Waals surface area contributed by atoms with E-state index in [0.29, 0.717) is 19.2 Å². The second-order valence-electron chi connectivity index (χ2n) is 4.42. The van der Waals surface area contributed by atoms with Crippen LogP contribution in [0.3, 0.4) is 0 Å². The molecule has 2 aromatic rings. The van der Waals surface area contributed by atoms with Gasteiger partial charge in [0.15, 0.2) is 0 Å². The smallest absolute Gasteiger partial charge is 0.318 e. The van der Waals surface area contributed by atoms with Crippen LogP contribution in [-0.2, 0) is 0 Å².